The maximum absolute atomic E-state index is 12.1. The summed E-state index contributed by atoms with van der Waals surface area (Å²) >= 11 is 5.91. The highest BCUT2D eigenvalue weighted by molar-refractivity contribution is 6.32. The number of anilines is 1. The summed E-state index contributed by atoms with van der Waals surface area (Å²) < 4.78 is 0. The zero-order valence-electron chi connectivity index (χ0n) is 13.5. The van der Waals surface area contributed by atoms with E-state index >= 15 is 0 Å². The van der Waals surface area contributed by atoms with Gasteiger partial charge < -0.3 is 10.6 Å². The van der Waals surface area contributed by atoms with Crippen LogP contribution in [0.2, 0.25) is 5.15 Å². The molecule has 126 valence electrons. The Morgan fingerprint density at radius 2 is 1.92 bits per heavy atom. The predicted octanol–water partition coefficient (Wildman–Crippen LogP) is 2.17. The molecule has 2 rings (SSSR count). The van der Waals surface area contributed by atoms with E-state index < -0.39 is 0 Å². The molecule has 2 aromatic rings. The van der Waals surface area contributed by atoms with Crippen molar-refractivity contribution in [3.8, 4) is 0 Å². The van der Waals surface area contributed by atoms with Gasteiger partial charge in [-0.3, -0.25) is 14.5 Å². The van der Waals surface area contributed by atoms with Crippen molar-refractivity contribution < 1.29 is 9.59 Å². The molecule has 0 aliphatic carbocycles. The molecule has 0 bridgehead atoms. The monoisotopic (exact) mass is 346 g/mol. The van der Waals surface area contributed by atoms with E-state index in [-0.39, 0.29) is 23.5 Å². The fourth-order valence-corrected chi connectivity index (χ4v) is 2.35. The third-order valence-electron chi connectivity index (χ3n) is 3.34. The molecule has 0 spiro atoms. The van der Waals surface area contributed by atoms with Gasteiger partial charge in [-0.25, -0.2) is 4.98 Å². The van der Waals surface area contributed by atoms with Gasteiger partial charge in [0, 0.05) is 25.4 Å². The van der Waals surface area contributed by atoms with Crippen LogP contribution in [0.5, 0.6) is 0 Å². The average molecular weight is 347 g/mol. The lowest BCUT2D eigenvalue weighted by atomic mass is 10.1. The van der Waals surface area contributed by atoms with Gasteiger partial charge in [0.15, 0.2) is 5.15 Å². The number of carbonyl (C=O) groups excluding carboxylic acids is 2. The van der Waals surface area contributed by atoms with E-state index in [2.05, 4.69) is 15.6 Å². The van der Waals surface area contributed by atoms with Gasteiger partial charge in [-0.1, -0.05) is 23.7 Å². The number of amides is 2. The number of benzene rings is 1. The third-order valence-corrected chi connectivity index (χ3v) is 3.64. The molecule has 0 aliphatic heterocycles. The molecule has 0 unspecified atom stereocenters. The van der Waals surface area contributed by atoms with Crippen molar-refractivity contribution in [3.05, 3.63) is 58.9 Å². The molecule has 0 saturated carbocycles. The van der Waals surface area contributed by atoms with E-state index in [1.54, 1.807) is 37.5 Å². The Morgan fingerprint density at radius 3 is 2.54 bits per heavy atom. The molecule has 24 heavy (non-hydrogen) atoms. The Morgan fingerprint density at radius 1 is 1.21 bits per heavy atom. The molecule has 0 radical (unpaired) electrons. The number of likely N-dealkylation sites (N-methyl/N-ethyl adjacent to an activating group) is 1. The van der Waals surface area contributed by atoms with E-state index in [0.29, 0.717) is 17.8 Å². The van der Waals surface area contributed by atoms with Crippen molar-refractivity contribution in [3.63, 3.8) is 0 Å². The van der Waals surface area contributed by atoms with E-state index in [0.717, 1.165) is 5.56 Å². The summed E-state index contributed by atoms with van der Waals surface area (Å²) in [6.07, 6.45) is 1.56. The van der Waals surface area contributed by atoms with Crippen molar-refractivity contribution in [2.45, 2.75) is 6.54 Å². The lowest BCUT2D eigenvalue weighted by molar-refractivity contribution is -0.117. The second kappa shape index (κ2) is 8.42. The fraction of sp³-hybridized carbons (Fsp3) is 0.235. The number of hydrogen-bond donors (Lipinski definition) is 2. The maximum Gasteiger partial charge on any atom is 0.251 e. The molecule has 2 amide bonds. The van der Waals surface area contributed by atoms with E-state index in [9.17, 15) is 9.59 Å². The van der Waals surface area contributed by atoms with Crippen molar-refractivity contribution >= 4 is 29.1 Å². The molecule has 6 nitrogen and oxygen atoms in total. The van der Waals surface area contributed by atoms with Crippen LogP contribution in [-0.2, 0) is 11.3 Å². The zero-order valence-corrected chi connectivity index (χ0v) is 14.3. The number of carbonyl (C=O) groups is 2. The molecule has 7 heteroatoms. The summed E-state index contributed by atoms with van der Waals surface area (Å²) in [5.41, 5.74) is 2.11. The Hall–Kier alpha value is -2.44. The third kappa shape index (κ3) is 5.04. The summed E-state index contributed by atoms with van der Waals surface area (Å²) in [6.45, 7) is 0.796. The van der Waals surface area contributed by atoms with E-state index in [1.165, 1.54) is 0 Å². The van der Waals surface area contributed by atoms with Crippen molar-refractivity contribution in [1.29, 1.82) is 0 Å². The number of halogens is 1. The van der Waals surface area contributed by atoms with Crippen LogP contribution < -0.4 is 10.6 Å². The average Bonchev–Trinajstić information content (AvgIpc) is 2.56. The molecule has 1 heterocycles. The van der Waals surface area contributed by atoms with Gasteiger partial charge >= 0.3 is 0 Å². The molecule has 1 aromatic carbocycles. The minimum Gasteiger partial charge on any atom is -0.355 e. The number of aromatic nitrogens is 1. The van der Waals surface area contributed by atoms with Gasteiger partial charge in [-0.2, -0.15) is 0 Å². The van der Waals surface area contributed by atoms with Gasteiger partial charge in [0.25, 0.3) is 5.91 Å². The number of rotatable bonds is 6. The molecule has 0 fully saturated rings. The smallest absolute Gasteiger partial charge is 0.251 e. The molecule has 0 aliphatic rings. The topological polar surface area (TPSA) is 74.3 Å². The number of hydrogen-bond acceptors (Lipinski definition) is 4. The van der Waals surface area contributed by atoms with Crippen LogP contribution in [0.3, 0.4) is 0 Å². The second-order valence-corrected chi connectivity index (χ2v) is 5.70. The van der Waals surface area contributed by atoms with Gasteiger partial charge in [0.05, 0.1) is 12.2 Å². The lowest BCUT2D eigenvalue weighted by Gasteiger charge is -2.16. The van der Waals surface area contributed by atoms with Crippen LogP contribution in [0, 0.1) is 0 Å². The molecular weight excluding hydrogens is 328 g/mol. The standard InChI is InChI=1S/C17H19ClN4O2/c1-19-17(24)13-7-5-12(6-8-13)10-22(2)11-15(23)21-14-4-3-9-20-16(14)18/h3-9H,10-11H2,1-2H3,(H,19,24)(H,21,23). The lowest BCUT2D eigenvalue weighted by Crippen LogP contribution is -2.30. The number of nitrogens with zero attached hydrogens (tertiary/aromatic N) is 2. The van der Waals surface area contributed by atoms with E-state index in [1.807, 2.05) is 24.1 Å². The summed E-state index contributed by atoms with van der Waals surface area (Å²) in [4.78, 5) is 29.3. The Bertz CT molecular complexity index is 719. The highest BCUT2D eigenvalue weighted by Gasteiger charge is 2.10. The quantitative estimate of drug-likeness (QED) is 0.786. The summed E-state index contributed by atoms with van der Waals surface area (Å²) in [5.74, 6) is -0.294. The van der Waals surface area contributed by atoms with Crippen molar-refractivity contribution in [1.82, 2.24) is 15.2 Å². The highest BCUT2D eigenvalue weighted by Crippen LogP contribution is 2.17. The first-order chi connectivity index (χ1) is 11.5. The normalized spacial score (nSPS) is 10.5. The fourth-order valence-electron chi connectivity index (χ4n) is 2.19. The van der Waals surface area contributed by atoms with Crippen LogP contribution >= 0.6 is 11.6 Å². The summed E-state index contributed by atoms with van der Waals surface area (Å²) in [6, 6.07) is 10.7. The minimum absolute atomic E-state index is 0.123. The van der Waals surface area contributed by atoms with Gasteiger partial charge in [-0.15, -0.1) is 0 Å². The zero-order chi connectivity index (χ0) is 17.5. The Kier molecular flexibility index (Phi) is 6.28. The number of pyridine rings is 1. The minimum atomic E-state index is -0.172. The molecule has 0 saturated heterocycles. The van der Waals surface area contributed by atoms with E-state index in [4.69, 9.17) is 11.6 Å². The van der Waals surface area contributed by atoms with Crippen LogP contribution in [0.25, 0.3) is 0 Å². The highest BCUT2D eigenvalue weighted by atomic mass is 35.5. The largest absolute Gasteiger partial charge is 0.355 e. The SMILES string of the molecule is CNC(=O)c1ccc(CN(C)CC(=O)Nc2cccnc2Cl)cc1. The molecular formula is C17H19ClN4O2. The summed E-state index contributed by atoms with van der Waals surface area (Å²) in [5, 5.41) is 5.57. The second-order valence-electron chi connectivity index (χ2n) is 5.34. The first-order valence-electron chi connectivity index (χ1n) is 7.39. The molecule has 2 N–H and O–H groups in total. The van der Waals surface area contributed by atoms with Crippen LogP contribution in [0.15, 0.2) is 42.6 Å². The predicted molar refractivity (Wildman–Crippen MR) is 94.0 cm³/mol. The molecule has 1 aromatic heterocycles. The van der Waals surface area contributed by atoms with Gasteiger partial charge in [-0.05, 0) is 36.9 Å². The molecule has 0 atom stereocenters. The number of nitrogens with one attached hydrogen (secondary N) is 2. The van der Waals surface area contributed by atoms with Crippen molar-refractivity contribution in [2.75, 3.05) is 26.0 Å². The van der Waals surface area contributed by atoms with Crippen molar-refractivity contribution in [2.24, 2.45) is 0 Å². The Labute approximate surface area is 145 Å². The first-order valence-corrected chi connectivity index (χ1v) is 7.77. The maximum atomic E-state index is 12.1. The van der Waals surface area contributed by atoms with Gasteiger partial charge in [0.2, 0.25) is 5.91 Å². The van der Waals surface area contributed by atoms with Crippen LogP contribution in [0.4, 0.5) is 5.69 Å². The van der Waals surface area contributed by atoms with Crippen LogP contribution in [-0.4, -0.2) is 42.3 Å². The summed E-state index contributed by atoms with van der Waals surface area (Å²) in [7, 11) is 3.44. The first kappa shape index (κ1) is 17.9. The van der Waals surface area contributed by atoms with Crippen LogP contribution in [0.1, 0.15) is 15.9 Å². The Balaban J connectivity index is 1.88. The van der Waals surface area contributed by atoms with Gasteiger partial charge in [0.1, 0.15) is 0 Å².